The van der Waals surface area contributed by atoms with Crippen LogP contribution in [0.5, 0.6) is 0 Å². The van der Waals surface area contributed by atoms with Crippen LogP contribution >= 0.6 is 12.2 Å². The van der Waals surface area contributed by atoms with Gasteiger partial charge in [-0.3, -0.25) is 4.79 Å². The van der Waals surface area contributed by atoms with Crippen LogP contribution < -0.4 is 10.6 Å². The quantitative estimate of drug-likeness (QED) is 0.826. The first-order valence-electron chi connectivity index (χ1n) is 8.25. The molecule has 1 amide bonds. The smallest absolute Gasteiger partial charge is 0.253 e. The second-order valence-electron chi connectivity index (χ2n) is 6.87. The zero-order chi connectivity index (χ0) is 17.0. The van der Waals surface area contributed by atoms with E-state index in [2.05, 4.69) is 24.5 Å². The Morgan fingerprint density at radius 1 is 1.17 bits per heavy atom. The molecule has 1 fully saturated rings. The molecule has 5 heteroatoms. The average Bonchev–Trinajstić information content (AvgIpc) is 2.97. The summed E-state index contributed by atoms with van der Waals surface area (Å²) in [5.74, 6) is 0.548. The van der Waals surface area contributed by atoms with E-state index in [1.807, 2.05) is 24.3 Å². The van der Waals surface area contributed by atoms with Crippen molar-refractivity contribution >= 4 is 28.9 Å². The summed E-state index contributed by atoms with van der Waals surface area (Å²) < 4.78 is 0. The summed E-state index contributed by atoms with van der Waals surface area (Å²) in [6.07, 6.45) is 4.86. The first-order valence-corrected chi connectivity index (χ1v) is 8.66. The standard InChI is InChI=1S/C18H27N3OS/c1-13(2)18(11-5-6-12-18)20-17(23)19-15-9-7-14(8-10-15)16(22)21(3)4/h7-10,13H,5-6,11-12H2,1-4H3,(H2,19,20,23). The van der Waals surface area contributed by atoms with Crippen molar-refractivity contribution in [2.24, 2.45) is 5.92 Å². The van der Waals surface area contributed by atoms with Crippen molar-refractivity contribution in [2.75, 3.05) is 19.4 Å². The number of nitrogens with one attached hydrogen (secondary N) is 2. The molecule has 0 spiro atoms. The summed E-state index contributed by atoms with van der Waals surface area (Å²) in [6.45, 7) is 4.51. The highest BCUT2D eigenvalue weighted by atomic mass is 32.1. The summed E-state index contributed by atoms with van der Waals surface area (Å²) in [4.78, 5) is 13.5. The molecule has 1 aliphatic carbocycles. The second-order valence-corrected chi connectivity index (χ2v) is 7.28. The molecule has 4 nitrogen and oxygen atoms in total. The van der Waals surface area contributed by atoms with E-state index in [9.17, 15) is 4.79 Å². The fourth-order valence-corrected chi connectivity index (χ4v) is 3.52. The Kier molecular flexibility index (Phi) is 5.63. The predicted octanol–water partition coefficient (Wildman–Crippen LogP) is 3.64. The number of hydrogen-bond acceptors (Lipinski definition) is 2. The molecule has 2 rings (SSSR count). The minimum absolute atomic E-state index is 0.00182. The van der Waals surface area contributed by atoms with Crippen LogP contribution in [0.2, 0.25) is 0 Å². The molecule has 0 heterocycles. The minimum atomic E-state index is 0.00182. The summed E-state index contributed by atoms with van der Waals surface area (Å²) in [7, 11) is 3.50. The minimum Gasteiger partial charge on any atom is -0.357 e. The second kappa shape index (κ2) is 7.30. The first-order chi connectivity index (χ1) is 10.8. The van der Waals surface area contributed by atoms with E-state index in [0.717, 1.165) is 5.69 Å². The van der Waals surface area contributed by atoms with Gasteiger partial charge in [-0.05, 0) is 55.2 Å². The van der Waals surface area contributed by atoms with E-state index in [-0.39, 0.29) is 11.4 Å². The van der Waals surface area contributed by atoms with Crippen LogP contribution in [0, 0.1) is 5.92 Å². The number of thiocarbonyl (C=S) groups is 1. The number of carbonyl (C=O) groups excluding carboxylic acids is 1. The Balaban J connectivity index is 1.99. The topological polar surface area (TPSA) is 44.4 Å². The molecule has 1 saturated carbocycles. The lowest BCUT2D eigenvalue weighted by molar-refractivity contribution is 0.0827. The Bertz CT molecular complexity index is 560. The molecule has 0 bridgehead atoms. The zero-order valence-electron chi connectivity index (χ0n) is 14.5. The van der Waals surface area contributed by atoms with Crippen LogP contribution in [0.1, 0.15) is 49.9 Å². The van der Waals surface area contributed by atoms with Crippen molar-refractivity contribution in [1.29, 1.82) is 0 Å². The maximum atomic E-state index is 11.9. The Morgan fingerprint density at radius 2 is 1.74 bits per heavy atom. The van der Waals surface area contributed by atoms with Crippen LogP contribution in [-0.4, -0.2) is 35.6 Å². The maximum Gasteiger partial charge on any atom is 0.253 e. The van der Waals surface area contributed by atoms with Crippen molar-refractivity contribution in [3.63, 3.8) is 0 Å². The average molecular weight is 334 g/mol. The normalized spacial score (nSPS) is 16.2. The molecule has 1 aromatic carbocycles. The van der Waals surface area contributed by atoms with Crippen LogP contribution in [0.4, 0.5) is 5.69 Å². The third-order valence-corrected chi connectivity index (χ3v) is 4.96. The van der Waals surface area contributed by atoms with Crippen molar-refractivity contribution in [3.8, 4) is 0 Å². The molecule has 126 valence electrons. The molecular formula is C18H27N3OS. The number of carbonyl (C=O) groups is 1. The summed E-state index contributed by atoms with van der Waals surface area (Å²) in [5.41, 5.74) is 1.69. The van der Waals surface area contributed by atoms with Crippen molar-refractivity contribution < 1.29 is 4.79 Å². The van der Waals surface area contributed by atoms with E-state index in [1.165, 1.54) is 25.7 Å². The monoisotopic (exact) mass is 333 g/mol. The van der Waals surface area contributed by atoms with Crippen LogP contribution in [0.15, 0.2) is 24.3 Å². The highest BCUT2D eigenvalue weighted by Crippen LogP contribution is 2.35. The molecular weight excluding hydrogens is 306 g/mol. The maximum absolute atomic E-state index is 11.9. The number of anilines is 1. The first kappa shape index (κ1) is 17.7. The van der Waals surface area contributed by atoms with Gasteiger partial charge in [0, 0.05) is 30.9 Å². The van der Waals surface area contributed by atoms with Gasteiger partial charge in [-0.1, -0.05) is 26.7 Å². The Morgan fingerprint density at radius 3 is 2.22 bits per heavy atom. The number of nitrogens with zero attached hydrogens (tertiary/aromatic N) is 1. The van der Waals surface area contributed by atoms with Crippen molar-refractivity contribution in [2.45, 2.75) is 45.1 Å². The molecule has 0 aliphatic heterocycles. The molecule has 2 N–H and O–H groups in total. The lowest BCUT2D eigenvalue weighted by Crippen LogP contribution is -2.51. The Labute approximate surface area is 144 Å². The van der Waals surface area contributed by atoms with E-state index in [1.54, 1.807) is 19.0 Å². The van der Waals surface area contributed by atoms with E-state index in [4.69, 9.17) is 12.2 Å². The third-order valence-electron chi connectivity index (χ3n) is 4.76. The Hall–Kier alpha value is -1.62. The molecule has 1 aromatic rings. The van der Waals surface area contributed by atoms with E-state index in [0.29, 0.717) is 16.6 Å². The highest BCUT2D eigenvalue weighted by Gasteiger charge is 2.37. The van der Waals surface area contributed by atoms with Gasteiger partial charge in [0.2, 0.25) is 0 Å². The molecule has 0 unspecified atom stereocenters. The zero-order valence-corrected chi connectivity index (χ0v) is 15.3. The largest absolute Gasteiger partial charge is 0.357 e. The summed E-state index contributed by atoms with van der Waals surface area (Å²) >= 11 is 5.49. The molecule has 0 radical (unpaired) electrons. The molecule has 0 saturated heterocycles. The van der Waals surface area contributed by atoms with Gasteiger partial charge in [-0.25, -0.2) is 0 Å². The van der Waals surface area contributed by atoms with Gasteiger partial charge >= 0.3 is 0 Å². The van der Waals surface area contributed by atoms with Crippen LogP contribution in [0.3, 0.4) is 0 Å². The number of rotatable bonds is 4. The van der Waals surface area contributed by atoms with E-state index < -0.39 is 0 Å². The van der Waals surface area contributed by atoms with Gasteiger partial charge in [-0.2, -0.15) is 0 Å². The van der Waals surface area contributed by atoms with Gasteiger partial charge in [0.05, 0.1) is 0 Å². The summed E-state index contributed by atoms with van der Waals surface area (Å²) in [5, 5.41) is 7.44. The van der Waals surface area contributed by atoms with Crippen LogP contribution in [0.25, 0.3) is 0 Å². The molecule has 0 atom stereocenters. The van der Waals surface area contributed by atoms with Gasteiger partial charge < -0.3 is 15.5 Å². The van der Waals surface area contributed by atoms with Crippen molar-refractivity contribution in [3.05, 3.63) is 29.8 Å². The summed E-state index contributed by atoms with van der Waals surface area (Å²) in [6, 6.07) is 7.42. The molecule has 1 aliphatic rings. The fraction of sp³-hybridized carbons (Fsp3) is 0.556. The van der Waals surface area contributed by atoms with Gasteiger partial charge in [0.1, 0.15) is 0 Å². The number of amides is 1. The third kappa shape index (κ3) is 4.22. The van der Waals surface area contributed by atoms with E-state index >= 15 is 0 Å². The fourth-order valence-electron chi connectivity index (χ4n) is 3.20. The van der Waals surface area contributed by atoms with Gasteiger partial charge in [0.15, 0.2) is 5.11 Å². The SMILES string of the molecule is CC(C)C1(NC(=S)Nc2ccc(C(=O)N(C)C)cc2)CCCC1. The number of hydrogen-bond donors (Lipinski definition) is 2. The van der Waals surface area contributed by atoms with Gasteiger partial charge in [0.25, 0.3) is 5.91 Å². The van der Waals surface area contributed by atoms with Gasteiger partial charge in [-0.15, -0.1) is 0 Å². The molecule has 23 heavy (non-hydrogen) atoms. The number of benzene rings is 1. The van der Waals surface area contributed by atoms with Crippen molar-refractivity contribution in [1.82, 2.24) is 10.2 Å². The lowest BCUT2D eigenvalue weighted by Gasteiger charge is -2.35. The predicted molar refractivity (Wildman–Crippen MR) is 99.9 cm³/mol. The lowest BCUT2D eigenvalue weighted by atomic mass is 9.85. The molecule has 0 aromatic heterocycles. The highest BCUT2D eigenvalue weighted by molar-refractivity contribution is 7.80. The van der Waals surface area contributed by atoms with Crippen LogP contribution in [-0.2, 0) is 0 Å².